The topological polar surface area (TPSA) is 75.4 Å². The highest BCUT2D eigenvalue weighted by Crippen LogP contribution is 2.36. The molecule has 1 aliphatic heterocycles. The lowest BCUT2D eigenvalue weighted by Gasteiger charge is -2.34. The number of nitrogens with zero attached hydrogens (tertiary/aromatic N) is 1. The third-order valence-corrected chi connectivity index (χ3v) is 4.42. The van der Waals surface area contributed by atoms with Crippen LogP contribution in [0.5, 0.6) is 0 Å². The first kappa shape index (κ1) is 19.5. The zero-order valence-electron chi connectivity index (χ0n) is 13.4. The highest BCUT2D eigenvalue weighted by atomic mass is 35.5. The maximum Gasteiger partial charge on any atom is 0.417 e. The number of carbonyl (C=O) groups excluding carboxylic acids is 2. The van der Waals surface area contributed by atoms with Gasteiger partial charge in [-0.1, -0.05) is 18.0 Å². The first-order valence-electron chi connectivity index (χ1n) is 7.86. The standard InChI is InChI=1S/C16H19ClF3N3O2/c17-13-5-4-10(7-12(13)16(18,19)20)22-15(25)9-23-6-2-1-3-11(23)8-14(21)24/h4-5,7,11H,1-3,6,8-9H2,(H2,21,24)(H,22,25). The summed E-state index contributed by atoms with van der Waals surface area (Å²) in [7, 11) is 0. The van der Waals surface area contributed by atoms with E-state index in [1.54, 1.807) is 0 Å². The molecule has 0 radical (unpaired) electrons. The predicted octanol–water partition coefficient (Wildman–Crippen LogP) is 3.03. The fourth-order valence-electron chi connectivity index (χ4n) is 2.94. The Balaban J connectivity index is 2.03. The molecule has 0 saturated carbocycles. The molecule has 0 bridgehead atoms. The van der Waals surface area contributed by atoms with Crippen LogP contribution in [0.15, 0.2) is 18.2 Å². The molecule has 0 spiro atoms. The second-order valence-corrected chi connectivity index (χ2v) is 6.44. The number of nitrogens with two attached hydrogens (primary N) is 1. The molecule has 1 aromatic carbocycles. The van der Waals surface area contributed by atoms with Gasteiger partial charge in [0.25, 0.3) is 0 Å². The molecule has 1 unspecified atom stereocenters. The number of benzene rings is 1. The van der Waals surface area contributed by atoms with E-state index in [-0.39, 0.29) is 24.7 Å². The smallest absolute Gasteiger partial charge is 0.370 e. The van der Waals surface area contributed by atoms with E-state index in [2.05, 4.69) is 5.32 Å². The lowest BCUT2D eigenvalue weighted by atomic mass is 9.99. The van der Waals surface area contributed by atoms with Crippen molar-refractivity contribution in [1.29, 1.82) is 0 Å². The summed E-state index contributed by atoms with van der Waals surface area (Å²) in [5.74, 6) is -0.892. The number of amides is 2. The molecule has 2 rings (SSSR count). The molecule has 0 aromatic heterocycles. The number of piperidine rings is 1. The second-order valence-electron chi connectivity index (χ2n) is 6.03. The molecule has 1 atom stereocenters. The highest BCUT2D eigenvalue weighted by molar-refractivity contribution is 6.31. The molecule has 25 heavy (non-hydrogen) atoms. The van der Waals surface area contributed by atoms with Crippen molar-refractivity contribution in [3.8, 4) is 0 Å². The van der Waals surface area contributed by atoms with Gasteiger partial charge in [-0.05, 0) is 37.6 Å². The van der Waals surface area contributed by atoms with Crippen molar-refractivity contribution < 1.29 is 22.8 Å². The summed E-state index contributed by atoms with van der Waals surface area (Å²) in [6.07, 6.45) is -1.84. The van der Waals surface area contributed by atoms with Gasteiger partial charge in [0.1, 0.15) is 0 Å². The minimum absolute atomic E-state index is 0.0120. The Morgan fingerprint density at radius 2 is 2.04 bits per heavy atom. The Bertz CT molecular complexity index is 652. The first-order valence-corrected chi connectivity index (χ1v) is 8.23. The highest BCUT2D eigenvalue weighted by Gasteiger charge is 2.33. The van der Waals surface area contributed by atoms with Gasteiger partial charge in [-0.3, -0.25) is 14.5 Å². The summed E-state index contributed by atoms with van der Waals surface area (Å²) >= 11 is 5.56. The van der Waals surface area contributed by atoms with Gasteiger partial charge < -0.3 is 11.1 Å². The summed E-state index contributed by atoms with van der Waals surface area (Å²) < 4.78 is 38.6. The molecule has 3 N–H and O–H groups in total. The van der Waals surface area contributed by atoms with Gasteiger partial charge in [0.15, 0.2) is 0 Å². The molecule has 1 saturated heterocycles. The third-order valence-electron chi connectivity index (χ3n) is 4.09. The van der Waals surface area contributed by atoms with Crippen molar-refractivity contribution in [2.75, 3.05) is 18.4 Å². The van der Waals surface area contributed by atoms with Crippen LogP contribution in [0.1, 0.15) is 31.2 Å². The molecule has 138 valence electrons. The Hall–Kier alpha value is -1.80. The van der Waals surface area contributed by atoms with Crippen LogP contribution in [0.2, 0.25) is 5.02 Å². The van der Waals surface area contributed by atoms with Crippen molar-refractivity contribution in [2.24, 2.45) is 5.73 Å². The van der Waals surface area contributed by atoms with Crippen molar-refractivity contribution in [2.45, 2.75) is 37.9 Å². The molecular formula is C16H19ClF3N3O2. The van der Waals surface area contributed by atoms with Crippen LogP contribution in [-0.4, -0.2) is 35.8 Å². The van der Waals surface area contributed by atoms with Crippen molar-refractivity contribution in [3.05, 3.63) is 28.8 Å². The second kappa shape index (κ2) is 8.05. The van der Waals surface area contributed by atoms with Crippen LogP contribution in [0.3, 0.4) is 0 Å². The van der Waals surface area contributed by atoms with Crippen LogP contribution >= 0.6 is 11.6 Å². The Labute approximate surface area is 148 Å². The molecular weight excluding hydrogens is 359 g/mol. The van der Waals surface area contributed by atoms with Crippen LogP contribution in [-0.2, 0) is 15.8 Å². The van der Waals surface area contributed by atoms with Crippen LogP contribution < -0.4 is 11.1 Å². The summed E-state index contributed by atoms with van der Waals surface area (Å²) in [5.41, 5.74) is 4.24. The summed E-state index contributed by atoms with van der Waals surface area (Å²) in [5, 5.41) is 2.02. The SMILES string of the molecule is NC(=O)CC1CCCCN1CC(=O)Nc1ccc(Cl)c(C(F)(F)F)c1. The largest absolute Gasteiger partial charge is 0.417 e. The number of alkyl halides is 3. The van der Waals surface area contributed by atoms with Crippen molar-refractivity contribution in [3.63, 3.8) is 0 Å². The van der Waals surface area contributed by atoms with E-state index in [9.17, 15) is 22.8 Å². The van der Waals surface area contributed by atoms with E-state index < -0.39 is 28.6 Å². The van der Waals surface area contributed by atoms with Gasteiger partial charge in [-0.2, -0.15) is 13.2 Å². The van der Waals surface area contributed by atoms with Crippen LogP contribution in [0, 0.1) is 0 Å². The maximum absolute atomic E-state index is 12.9. The number of primary amides is 1. The minimum atomic E-state index is -4.60. The van der Waals surface area contributed by atoms with Gasteiger partial charge in [0.2, 0.25) is 11.8 Å². The fraction of sp³-hybridized carbons (Fsp3) is 0.500. The van der Waals surface area contributed by atoms with E-state index in [0.717, 1.165) is 31.4 Å². The number of nitrogens with one attached hydrogen (secondary N) is 1. The number of hydrogen-bond acceptors (Lipinski definition) is 3. The van der Waals surface area contributed by atoms with Crippen LogP contribution in [0.4, 0.5) is 18.9 Å². The Morgan fingerprint density at radius 3 is 2.68 bits per heavy atom. The van der Waals surface area contributed by atoms with E-state index >= 15 is 0 Å². The predicted molar refractivity (Wildman–Crippen MR) is 88.1 cm³/mol. The average molecular weight is 378 g/mol. The van der Waals surface area contributed by atoms with Gasteiger partial charge in [0, 0.05) is 18.2 Å². The molecule has 9 heteroatoms. The third kappa shape index (κ3) is 5.61. The molecule has 0 aliphatic carbocycles. The molecule has 1 aromatic rings. The Morgan fingerprint density at radius 1 is 1.32 bits per heavy atom. The quantitative estimate of drug-likeness (QED) is 0.828. The van der Waals surface area contributed by atoms with Crippen molar-refractivity contribution >= 4 is 29.1 Å². The van der Waals surface area contributed by atoms with E-state index in [1.807, 2.05) is 4.90 Å². The van der Waals surface area contributed by atoms with Gasteiger partial charge >= 0.3 is 6.18 Å². The first-order chi connectivity index (χ1) is 11.7. The van der Waals surface area contributed by atoms with Gasteiger partial charge in [-0.25, -0.2) is 0 Å². The summed E-state index contributed by atoms with van der Waals surface area (Å²) in [6, 6.07) is 3.09. The lowest BCUT2D eigenvalue weighted by Crippen LogP contribution is -2.45. The lowest BCUT2D eigenvalue weighted by molar-refractivity contribution is -0.137. The summed E-state index contributed by atoms with van der Waals surface area (Å²) in [4.78, 5) is 25.1. The Kier molecular flexibility index (Phi) is 6.29. The number of carbonyl (C=O) groups is 2. The number of anilines is 1. The number of hydrogen-bond donors (Lipinski definition) is 2. The average Bonchev–Trinajstić information content (AvgIpc) is 2.49. The molecule has 1 fully saturated rings. The van der Waals surface area contributed by atoms with Gasteiger partial charge in [-0.15, -0.1) is 0 Å². The zero-order chi connectivity index (χ0) is 18.6. The van der Waals surface area contributed by atoms with Gasteiger partial charge in [0.05, 0.1) is 17.1 Å². The molecule has 1 aliphatic rings. The van der Waals surface area contributed by atoms with E-state index in [0.29, 0.717) is 6.54 Å². The zero-order valence-corrected chi connectivity index (χ0v) is 14.2. The normalized spacial score (nSPS) is 18.8. The number of halogens is 4. The van der Waals surface area contributed by atoms with Crippen molar-refractivity contribution in [1.82, 2.24) is 4.90 Å². The molecule has 1 heterocycles. The summed E-state index contributed by atoms with van der Waals surface area (Å²) in [6.45, 7) is 0.627. The minimum Gasteiger partial charge on any atom is -0.370 e. The molecule has 5 nitrogen and oxygen atoms in total. The van der Waals surface area contributed by atoms with E-state index in [4.69, 9.17) is 17.3 Å². The fourth-order valence-corrected chi connectivity index (χ4v) is 3.16. The maximum atomic E-state index is 12.9. The number of likely N-dealkylation sites (tertiary alicyclic amines) is 1. The number of rotatable bonds is 5. The monoisotopic (exact) mass is 377 g/mol. The molecule has 2 amide bonds. The van der Waals surface area contributed by atoms with E-state index in [1.165, 1.54) is 6.07 Å². The van der Waals surface area contributed by atoms with Crippen LogP contribution in [0.25, 0.3) is 0 Å².